The molecule has 0 heterocycles. The van der Waals surface area contributed by atoms with Crippen LogP contribution < -0.4 is 0 Å². The summed E-state index contributed by atoms with van der Waals surface area (Å²) in [5.74, 6) is 0. The molecule has 1 fully saturated rings. The van der Waals surface area contributed by atoms with Gasteiger partial charge in [0.05, 0.1) is 0 Å². The maximum atomic E-state index is 2.56. The fourth-order valence-electron chi connectivity index (χ4n) is 5.09. The van der Waals surface area contributed by atoms with Crippen molar-refractivity contribution in [3.63, 3.8) is 0 Å². The van der Waals surface area contributed by atoms with Gasteiger partial charge in [0.15, 0.2) is 0 Å². The molecule has 0 saturated heterocycles. The zero-order valence-electron chi connectivity index (χ0n) is 17.9. The third-order valence-electron chi connectivity index (χ3n) is 6.90. The summed E-state index contributed by atoms with van der Waals surface area (Å²) in [6.07, 6.45) is 10.9. The number of allylic oxidation sites excluding steroid dienone is 1. The molecular formula is C27H33Zr. The Kier molecular flexibility index (Phi) is 5.61. The quantitative estimate of drug-likeness (QED) is 0.446. The Hall–Kier alpha value is -0.937. The van der Waals surface area contributed by atoms with Crippen molar-refractivity contribution in [2.45, 2.75) is 75.3 Å². The van der Waals surface area contributed by atoms with Crippen LogP contribution in [-0.2, 0) is 30.1 Å². The van der Waals surface area contributed by atoms with Crippen LogP contribution in [0.5, 0.6) is 0 Å². The summed E-state index contributed by atoms with van der Waals surface area (Å²) in [5.41, 5.74) is 9.64. The Bertz CT molecular complexity index is 873. The first-order valence-electron chi connectivity index (χ1n) is 10.9. The van der Waals surface area contributed by atoms with Crippen LogP contribution in [0.25, 0.3) is 17.2 Å². The molecule has 2 aliphatic carbocycles. The van der Waals surface area contributed by atoms with Gasteiger partial charge in [0.2, 0.25) is 0 Å². The van der Waals surface area contributed by atoms with Crippen LogP contribution in [0, 0.1) is 5.41 Å². The van der Waals surface area contributed by atoms with Gasteiger partial charge in [0.1, 0.15) is 0 Å². The first-order chi connectivity index (χ1) is 13.3. The van der Waals surface area contributed by atoms with E-state index in [-0.39, 0.29) is 5.41 Å². The van der Waals surface area contributed by atoms with Gasteiger partial charge in [-0.2, -0.15) is 0 Å². The SMILES string of the molecule is CC1(CC2=Cc3c(-c4ccc(C(C)(C)C)cc4)cccc3[CH]2[Zr])CCCCC1. The van der Waals surface area contributed by atoms with E-state index < -0.39 is 0 Å². The normalized spacial score (nSPS) is 21.2. The van der Waals surface area contributed by atoms with Gasteiger partial charge in [0, 0.05) is 0 Å². The van der Waals surface area contributed by atoms with Crippen molar-refractivity contribution in [3.8, 4) is 11.1 Å². The molecule has 1 unspecified atom stereocenters. The van der Waals surface area contributed by atoms with Crippen molar-refractivity contribution in [3.05, 3.63) is 64.7 Å². The second kappa shape index (κ2) is 7.72. The fraction of sp³-hybridized carbons (Fsp3) is 0.481. The molecule has 0 aliphatic heterocycles. The molecule has 1 saturated carbocycles. The predicted octanol–water partition coefficient (Wildman–Crippen LogP) is 8.00. The van der Waals surface area contributed by atoms with E-state index in [0.717, 1.165) is 0 Å². The monoisotopic (exact) mass is 447 g/mol. The van der Waals surface area contributed by atoms with Crippen LogP contribution in [0.15, 0.2) is 48.0 Å². The zero-order chi connectivity index (χ0) is 19.9. The first kappa shape index (κ1) is 20.3. The molecule has 0 N–H and O–H groups in total. The molecule has 145 valence electrons. The predicted molar refractivity (Wildman–Crippen MR) is 117 cm³/mol. The van der Waals surface area contributed by atoms with Gasteiger partial charge in [-0.1, -0.05) is 0 Å². The number of fused-ring (bicyclic) bond motifs is 1. The average molecular weight is 449 g/mol. The van der Waals surface area contributed by atoms with Crippen molar-refractivity contribution >= 4 is 6.08 Å². The van der Waals surface area contributed by atoms with Crippen molar-refractivity contribution in [2.75, 3.05) is 0 Å². The molecule has 0 spiro atoms. The summed E-state index contributed by atoms with van der Waals surface area (Å²) in [4.78, 5) is 0. The summed E-state index contributed by atoms with van der Waals surface area (Å²) in [5, 5.41) is 0. The van der Waals surface area contributed by atoms with Crippen molar-refractivity contribution in [1.29, 1.82) is 0 Å². The average Bonchev–Trinajstić information content (AvgIpc) is 2.97. The van der Waals surface area contributed by atoms with Crippen LogP contribution in [0.4, 0.5) is 0 Å². The van der Waals surface area contributed by atoms with Crippen LogP contribution >= 0.6 is 0 Å². The number of benzene rings is 2. The molecule has 0 nitrogen and oxygen atoms in total. The summed E-state index contributed by atoms with van der Waals surface area (Å²) in [6.45, 7) is 9.39. The zero-order valence-corrected chi connectivity index (χ0v) is 20.4. The molecule has 2 aromatic rings. The molecule has 0 bridgehead atoms. The Morgan fingerprint density at radius 1 is 0.964 bits per heavy atom. The molecule has 2 aromatic carbocycles. The summed E-state index contributed by atoms with van der Waals surface area (Å²) >= 11 is 1.64. The first-order valence-corrected chi connectivity index (χ1v) is 12.3. The van der Waals surface area contributed by atoms with Gasteiger partial charge in [-0.3, -0.25) is 0 Å². The summed E-state index contributed by atoms with van der Waals surface area (Å²) < 4.78 is 0.648. The molecule has 28 heavy (non-hydrogen) atoms. The Balaban J connectivity index is 1.66. The molecule has 4 rings (SSSR count). The van der Waals surface area contributed by atoms with Gasteiger partial charge >= 0.3 is 187 Å². The molecule has 1 atom stereocenters. The molecule has 2 aliphatic rings. The summed E-state index contributed by atoms with van der Waals surface area (Å²) in [7, 11) is 0. The van der Waals surface area contributed by atoms with Gasteiger partial charge < -0.3 is 0 Å². The van der Waals surface area contributed by atoms with Crippen LogP contribution in [0.1, 0.15) is 86.5 Å². The molecule has 0 radical (unpaired) electrons. The summed E-state index contributed by atoms with van der Waals surface area (Å²) in [6, 6.07) is 16.2. The van der Waals surface area contributed by atoms with Crippen molar-refractivity contribution < 1.29 is 24.7 Å². The van der Waals surface area contributed by atoms with Gasteiger partial charge in [0.25, 0.3) is 0 Å². The maximum absolute atomic E-state index is 2.56. The van der Waals surface area contributed by atoms with Gasteiger partial charge in [-0.15, -0.1) is 0 Å². The van der Waals surface area contributed by atoms with Crippen LogP contribution in [0.2, 0.25) is 0 Å². The van der Waals surface area contributed by atoms with Gasteiger partial charge in [-0.05, 0) is 0 Å². The number of hydrogen-bond acceptors (Lipinski definition) is 0. The van der Waals surface area contributed by atoms with E-state index >= 15 is 0 Å². The number of hydrogen-bond donors (Lipinski definition) is 0. The fourth-order valence-corrected chi connectivity index (χ4v) is 6.17. The minimum atomic E-state index is 0.206. The van der Waals surface area contributed by atoms with E-state index in [9.17, 15) is 0 Å². The van der Waals surface area contributed by atoms with Crippen molar-refractivity contribution in [2.24, 2.45) is 5.41 Å². The van der Waals surface area contributed by atoms with Crippen LogP contribution in [-0.4, -0.2) is 0 Å². The van der Waals surface area contributed by atoms with E-state index in [0.29, 0.717) is 9.04 Å². The van der Waals surface area contributed by atoms with Gasteiger partial charge in [-0.25, -0.2) is 0 Å². The Labute approximate surface area is 186 Å². The molecule has 0 amide bonds. The van der Waals surface area contributed by atoms with E-state index in [2.05, 4.69) is 76.2 Å². The van der Waals surface area contributed by atoms with E-state index in [1.807, 2.05) is 0 Å². The second-order valence-electron chi connectivity index (χ2n) is 10.3. The van der Waals surface area contributed by atoms with Crippen LogP contribution in [0.3, 0.4) is 0 Å². The third kappa shape index (κ3) is 4.02. The minimum absolute atomic E-state index is 0.206. The second-order valence-corrected chi connectivity index (χ2v) is 11.8. The van der Waals surface area contributed by atoms with E-state index in [1.165, 1.54) is 60.8 Å². The third-order valence-corrected chi connectivity index (χ3v) is 8.58. The standard InChI is InChI=1S/C27H33.Zr/c1-26(2,3)23-13-11-21(12-14-23)24-10-8-9-22-17-20(18-25(22)24)19-27(4)15-6-5-7-16-27;/h8-14,17-18H,5-7,15-16,19H2,1-4H3;. The Morgan fingerprint density at radius 3 is 2.29 bits per heavy atom. The Morgan fingerprint density at radius 2 is 1.64 bits per heavy atom. The van der Waals surface area contributed by atoms with Crippen molar-refractivity contribution in [1.82, 2.24) is 0 Å². The van der Waals surface area contributed by atoms with E-state index in [1.54, 1.807) is 35.9 Å². The molecule has 1 heteroatoms. The topological polar surface area (TPSA) is 0 Å². The molecule has 0 aromatic heterocycles. The number of rotatable bonds is 3. The molecular weight excluding hydrogens is 416 g/mol. The van der Waals surface area contributed by atoms with E-state index in [4.69, 9.17) is 0 Å².